The normalized spacial score (nSPS) is 10.3. The lowest BCUT2D eigenvalue weighted by Gasteiger charge is -2.09. The summed E-state index contributed by atoms with van der Waals surface area (Å²) in [4.78, 5) is 12.4. The zero-order valence-electron chi connectivity index (χ0n) is 9.91. The number of carbonyl (C=O) groups is 1. The molecule has 0 heterocycles. The third-order valence-electron chi connectivity index (χ3n) is 2.58. The molecule has 0 fully saturated rings. The Bertz CT molecular complexity index is 641. The maximum Gasteiger partial charge on any atom is 0.198 e. The van der Waals surface area contributed by atoms with Crippen molar-refractivity contribution in [3.05, 3.63) is 63.4 Å². The number of ketones is 1. The Kier molecular flexibility index (Phi) is 4.08. The van der Waals surface area contributed by atoms with E-state index in [9.17, 15) is 9.18 Å². The maximum atomic E-state index is 13.2. The number of hydrogen-bond acceptors (Lipinski definition) is 2. The van der Waals surface area contributed by atoms with E-state index in [1.807, 2.05) is 0 Å². The third-order valence-corrected chi connectivity index (χ3v) is 3.14. The van der Waals surface area contributed by atoms with Gasteiger partial charge in [0.25, 0.3) is 0 Å². The van der Waals surface area contributed by atoms with Gasteiger partial charge in [-0.1, -0.05) is 23.2 Å². The van der Waals surface area contributed by atoms with Crippen molar-refractivity contribution in [3.8, 4) is 5.75 Å². The van der Waals surface area contributed by atoms with Crippen molar-refractivity contribution in [2.45, 2.75) is 0 Å². The summed E-state index contributed by atoms with van der Waals surface area (Å²) in [6.45, 7) is 0. The molecule has 98 valence electrons. The van der Waals surface area contributed by atoms with Gasteiger partial charge in [-0.3, -0.25) is 4.79 Å². The van der Waals surface area contributed by atoms with Crippen LogP contribution in [0.2, 0.25) is 10.0 Å². The summed E-state index contributed by atoms with van der Waals surface area (Å²) in [5.41, 5.74) is 0.310. The summed E-state index contributed by atoms with van der Waals surface area (Å²) in [5, 5.41) is 0.560. The second-order valence-electron chi connectivity index (χ2n) is 3.80. The molecule has 0 saturated carbocycles. The highest BCUT2D eigenvalue weighted by atomic mass is 35.5. The van der Waals surface area contributed by atoms with Gasteiger partial charge in [-0.15, -0.1) is 0 Å². The van der Waals surface area contributed by atoms with E-state index in [0.29, 0.717) is 10.8 Å². The Morgan fingerprint density at radius 2 is 1.84 bits per heavy atom. The lowest BCUT2D eigenvalue weighted by molar-refractivity contribution is 0.103. The Morgan fingerprint density at radius 1 is 1.11 bits per heavy atom. The highest BCUT2D eigenvalue weighted by molar-refractivity contribution is 6.35. The van der Waals surface area contributed by atoms with E-state index >= 15 is 0 Å². The van der Waals surface area contributed by atoms with E-state index in [-0.39, 0.29) is 16.1 Å². The summed E-state index contributed by atoms with van der Waals surface area (Å²) in [6, 6.07) is 8.25. The molecule has 0 aromatic heterocycles. The van der Waals surface area contributed by atoms with Crippen molar-refractivity contribution < 1.29 is 13.9 Å². The maximum absolute atomic E-state index is 13.2. The van der Waals surface area contributed by atoms with Crippen LogP contribution >= 0.6 is 23.2 Å². The molecule has 0 aliphatic carbocycles. The summed E-state index contributed by atoms with van der Waals surface area (Å²) in [5.74, 6) is -0.618. The molecule has 0 atom stereocenters. The van der Waals surface area contributed by atoms with Gasteiger partial charge in [0.2, 0.25) is 0 Å². The summed E-state index contributed by atoms with van der Waals surface area (Å²) >= 11 is 11.8. The lowest BCUT2D eigenvalue weighted by atomic mass is 10.0. The first-order valence-corrected chi connectivity index (χ1v) is 6.12. The van der Waals surface area contributed by atoms with Gasteiger partial charge >= 0.3 is 0 Å². The monoisotopic (exact) mass is 298 g/mol. The topological polar surface area (TPSA) is 26.3 Å². The van der Waals surface area contributed by atoms with E-state index in [1.54, 1.807) is 12.1 Å². The fourth-order valence-corrected chi connectivity index (χ4v) is 2.05. The largest absolute Gasteiger partial charge is 0.496 e. The van der Waals surface area contributed by atoms with Crippen LogP contribution in [0.1, 0.15) is 15.9 Å². The third kappa shape index (κ3) is 2.88. The number of hydrogen-bond donors (Lipinski definition) is 0. The molecule has 2 aromatic rings. The quantitative estimate of drug-likeness (QED) is 0.787. The van der Waals surface area contributed by atoms with Crippen LogP contribution in [0.25, 0.3) is 0 Å². The first-order valence-electron chi connectivity index (χ1n) is 5.36. The minimum atomic E-state index is -0.534. The highest BCUT2D eigenvalue weighted by Crippen LogP contribution is 2.28. The molecule has 19 heavy (non-hydrogen) atoms. The zero-order valence-corrected chi connectivity index (χ0v) is 11.4. The fourth-order valence-electron chi connectivity index (χ4n) is 1.67. The van der Waals surface area contributed by atoms with E-state index in [0.717, 1.165) is 6.07 Å². The Morgan fingerprint density at radius 3 is 2.53 bits per heavy atom. The van der Waals surface area contributed by atoms with Crippen LogP contribution in [0.3, 0.4) is 0 Å². The Hall–Kier alpha value is -1.58. The van der Waals surface area contributed by atoms with E-state index < -0.39 is 11.6 Å². The van der Waals surface area contributed by atoms with Crippen molar-refractivity contribution in [3.63, 3.8) is 0 Å². The van der Waals surface area contributed by atoms with Crippen molar-refractivity contribution in [2.75, 3.05) is 7.11 Å². The second kappa shape index (κ2) is 5.59. The number of halogens is 3. The average Bonchev–Trinajstić information content (AvgIpc) is 2.40. The molecule has 0 aliphatic rings. The number of methoxy groups -OCH3 is 1. The minimum absolute atomic E-state index is 0.0715. The molecule has 0 bridgehead atoms. The van der Waals surface area contributed by atoms with Crippen LogP contribution in [0.15, 0.2) is 36.4 Å². The molecule has 0 radical (unpaired) electrons. The van der Waals surface area contributed by atoms with E-state index in [2.05, 4.69) is 0 Å². The molecule has 0 unspecified atom stereocenters. The fraction of sp³-hybridized carbons (Fsp3) is 0.0714. The molecule has 0 aliphatic heterocycles. The average molecular weight is 299 g/mol. The van der Waals surface area contributed by atoms with Crippen molar-refractivity contribution in [2.24, 2.45) is 0 Å². The summed E-state index contributed by atoms with van der Waals surface area (Å²) < 4.78 is 18.3. The highest BCUT2D eigenvalue weighted by Gasteiger charge is 2.18. The van der Waals surface area contributed by atoms with Crippen molar-refractivity contribution in [1.82, 2.24) is 0 Å². The molecular weight excluding hydrogens is 290 g/mol. The smallest absolute Gasteiger partial charge is 0.198 e. The van der Waals surface area contributed by atoms with E-state index in [1.165, 1.54) is 25.3 Å². The van der Waals surface area contributed by atoms with Gasteiger partial charge in [0.05, 0.1) is 17.7 Å². The number of rotatable bonds is 3. The SMILES string of the molecule is COc1ccc(Cl)cc1C(=O)c1cc(F)ccc1Cl. The second-order valence-corrected chi connectivity index (χ2v) is 4.64. The Labute approximate surface area is 119 Å². The van der Waals surface area contributed by atoms with Crippen LogP contribution in [-0.2, 0) is 0 Å². The first-order chi connectivity index (χ1) is 9.02. The van der Waals surface area contributed by atoms with Gasteiger partial charge in [-0.05, 0) is 36.4 Å². The van der Waals surface area contributed by atoms with Gasteiger partial charge in [-0.25, -0.2) is 4.39 Å². The van der Waals surface area contributed by atoms with Crippen LogP contribution in [0, 0.1) is 5.82 Å². The molecule has 0 spiro atoms. The molecule has 0 N–H and O–H groups in total. The van der Waals surface area contributed by atoms with Gasteiger partial charge in [0.15, 0.2) is 5.78 Å². The predicted molar refractivity (Wildman–Crippen MR) is 72.8 cm³/mol. The lowest BCUT2D eigenvalue weighted by Crippen LogP contribution is -2.05. The van der Waals surface area contributed by atoms with Crippen molar-refractivity contribution >= 4 is 29.0 Å². The molecule has 5 heteroatoms. The number of ether oxygens (including phenoxy) is 1. The van der Waals surface area contributed by atoms with E-state index in [4.69, 9.17) is 27.9 Å². The predicted octanol–water partition coefficient (Wildman–Crippen LogP) is 4.37. The van der Waals surface area contributed by atoms with Crippen LogP contribution in [0.4, 0.5) is 4.39 Å². The van der Waals surface area contributed by atoms with Gasteiger partial charge < -0.3 is 4.74 Å². The molecule has 2 rings (SSSR count). The number of carbonyl (C=O) groups excluding carboxylic acids is 1. The molecule has 2 aromatic carbocycles. The van der Waals surface area contributed by atoms with Crippen LogP contribution in [0.5, 0.6) is 5.75 Å². The zero-order chi connectivity index (χ0) is 14.0. The number of benzene rings is 2. The molecule has 0 saturated heterocycles. The minimum Gasteiger partial charge on any atom is -0.496 e. The van der Waals surface area contributed by atoms with Gasteiger partial charge in [-0.2, -0.15) is 0 Å². The molecule has 0 amide bonds. The summed E-state index contributed by atoms with van der Waals surface area (Å²) in [6.07, 6.45) is 0. The first kappa shape index (κ1) is 13.8. The van der Waals surface area contributed by atoms with Crippen LogP contribution in [-0.4, -0.2) is 12.9 Å². The summed E-state index contributed by atoms with van der Waals surface area (Å²) in [7, 11) is 1.44. The molecular formula is C14H9Cl2FO2. The standard InChI is InChI=1S/C14H9Cl2FO2/c1-19-13-5-2-8(15)6-11(13)14(18)10-7-9(17)3-4-12(10)16/h2-7H,1H3. The molecule has 2 nitrogen and oxygen atoms in total. The van der Waals surface area contributed by atoms with Gasteiger partial charge in [0, 0.05) is 10.6 Å². The Balaban J connectivity index is 2.55. The van der Waals surface area contributed by atoms with Crippen LogP contribution < -0.4 is 4.74 Å². The van der Waals surface area contributed by atoms with Gasteiger partial charge in [0.1, 0.15) is 11.6 Å². The van der Waals surface area contributed by atoms with Crippen molar-refractivity contribution in [1.29, 1.82) is 0 Å².